The lowest BCUT2D eigenvalue weighted by Gasteiger charge is -2.24. The lowest BCUT2D eigenvalue weighted by Crippen LogP contribution is -2.30. The summed E-state index contributed by atoms with van der Waals surface area (Å²) < 4.78 is 62.5. The first-order valence-corrected chi connectivity index (χ1v) is 9.88. The van der Waals surface area contributed by atoms with Crippen LogP contribution in [-0.4, -0.2) is 20.5 Å². The van der Waals surface area contributed by atoms with Crippen LogP contribution in [0.1, 0.15) is 85.0 Å². The molecule has 0 bridgehead atoms. The van der Waals surface area contributed by atoms with Crippen molar-refractivity contribution in [3.05, 3.63) is 0 Å². The van der Waals surface area contributed by atoms with Gasteiger partial charge >= 0.3 is 15.6 Å². The van der Waals surface area contributed by atoms with E-state index >= 15 is 0 Å². The zero-order chi connectivity index (χ0) is 18.0. The van der Waals surface area contributed by atoms with Crippen LogP contribution in [0.15, 0.2) is 0 Å². The van der Waals surface area contributed by atoms with E-state index < -0.39 is 27.6 Å². The summed E-state index contributed by atoms with van der Waals surface area (Å²) >= 11 is 0. The molecule has 0 rings (SSSR count). The van der Waals surface area contributed by atoms with Crippen molar-refractivity contribution in [2.24, 2.45) is 5.41 Å². The van der Waals surface area contributed by atoms with E-state index in [1.807, 2.05) is 0 Å². The minimum Gasteiger partial charge on any atom is -0.263 e. The largest absolute Gasteiger partial charge is 0.523 e. The second-order valence-corrected chi connectivity index (χ2v) is 8.51. The third-order valence-corrected chi connectivity index (χ3v) is 4.84. The average Bonchev–Trinajstić information content (AvgIpc) is 2.42. The Hall–Kier alpha value is -0.300. The van der Waals surface area contributed by atoms with E-state index in [1.165, 1.54) is 38.5 Å². The van der Waals surface area contributed by atoms with Crippen molar-refractivity contribution in [3.63, 3.8) is 0 Å². The molecule has 0 aromatic carbocycles. The van der Waals surface area contributed by atoms with Crippen LogP contribution in [0.2, 0.25) is 0 Å². The van der Waals surface area contributed by atoms with E-state index in [2.05, 4.69) is 11.1 Å². The molecule has 0 fully saturated rings. The number of hydrogen-bond acceptors (Lipinski definition) is 3. The van der Waals surface area contributed by atoms with Gasteiger partial charge in [0.25, 0.3) is 0 Å². The Balaban J connectivity index is 3.81. The Labute approximate surface area is 139 Å². The van der Waals surface area contributed by atoms with Crippen molar-refractivity contribution in [2.75, 3.05) is 6.61 Å². The molecule has 0 heterocycles. The van der Waals surface area contributed by atoms with Gasteiger partial charge in [0.15, 0.2) is 0 Å². The zero-order valence-electron chi connectivity index (χ0n) is 14.5. The van der Waals surface area contributed by atoms with Gasteiger partial charge in [-0.3, -0.25) is 4.18 Å². The van der Waals surface area contributed by atoms with E-state index in [1.54, 1.807) is 13.8 Å². The molecule has 0 atom stereocenters. The van der Waals surface area contributed by atoms with Crippen LogP contribution < -0.4 is 0 Å². The lowest BCUT2D eigenvalue weighted by atomic mass is 9.88. The fraction of sp³-hybridized carbons (Fsp3) is 1.00. The third-order valence-electron chi connectivity index (χ3n) is 3.85. The summed E-state index contributed by atoms with van der Waals surface area (Å²) in [4.78, 5) is 0. The van der Waals surface area contributed by atoms with Crippen molar-refractivity contribution in [1.29, 1.82) is 0 Å². The number of alkyl halides is 3. The van der Waals surface area contributed by atoms with Gasteiger partial charge in [0, 0.05) is 0 Å². The zero-order valence-corrected chi connectivity index (χ0v) is 15.4. The molecule has 0 aliphatic carbocycles. The Morgan fingerprint density at radius 2 is 1.26 bits per heavy atom. The molecule has 0 aliphatic heterocycles. The molecule has 0 radical (unpaired) electrons. The van der Waals surface area contributed by atoms with Crippen molar-refractivity contribution < 1.29 is 25.8 Å². The van der Waals surface area contributed by atoms with Gasteiger partial charge in [-0.2, -0.15) is 21.6 Å². The number of unbranched alkanes of at least 4 members (excludes halogenated alkanes) is 8. The fourth-order valence-corrected chi connectivity index (χ4v) is 2.90. The molecule has 0 saturated heterocycles. The highest BCUT2D eigenvalue weighted by Crippen LogP contribution is 2.29. The predicted octanol–water partition coefficient (Wildman–Crippen LogP) is 5.80. The molecule has 0 unspecified atom stereocenters. The number of hydrogen-bond donors (Lipinski definition) is 0. The maximum absolute atomic E-state index is 12.2. The van der Waals surface area contributed by atoms with E-state index in [0.717, 1.165) is 19.3 Å². The SMILES string of the molecule is CCCCCCCCCCCC(C)(C)COS(=O)(=O)C(F)(F)F. The molecule has 0 spiro atoms. The van der Waals surface area contributed by atoms with Gasteiger partial charge in [0.2, 0.25) is 0 Å². The van der Waals surface area contributed by atoms with E-state index in [9.17, 15) is 21.6 Å². The average molecular weight is 360 g/mol. The van der Waals surface area contributed by atoms with E-state index in [4.69, 9.17) is 0 Å². The summed E-state index contributed by atoms with van der Waals surface area (Å²) in [7, 11) is -5.48. The van der Waals surface area contributed by atoms with Gasteiger partial charge < -0.3 is 0 Å². The summed E-state index contributed by atoms with van der Waals surface area (Å²) in [6.07, 6.45) is 11.1. The Morgan fingerprint density at radius 3 is 1.70 bits per heavy atom. The van der Waals surface area contributed by atoms with Crippen molar-refractivity contribution in [3.8, 4) is 0 Å². The molecule has 140 valence electrons. The van der Waals surface area contributed by atoms with Gasteiger partial charge in [-0.15, -0.1) is 0 Å². The van der Waals surface area contributed by atoms with Crippen LogP contribution in [0, 0.1) is 5.41 Å². The molecule has 3 nitrogen and oxygen atoms in total. The monoisotopic (exact) mass is 360 g/mol. The Bertz CT molecular complexity index is 403. The quantitative estimate of drug-likeness (QED) is 0.237. The van der Waals surface area contributed by atoms with Gasteiger partial charge in [-0.25, -0.2) is 0 Å². The molecule has 0 amide bonds. The van der Waals surface area contributed by atoms with Crippen LogP contribution in [0.4, 0.5) is 13.2 Å². The summed E-state index contributed by atoms with van der Waals surface area (Å²) in [5, 5.41) is 0. The number of halogens is 3. The summed E-state index contributed by atoms with van der Waals surface area (Å²) in [6, 6.07) is 0. The van der Waals surface area contributed by atoms with Crippen LogP contribution in [0.5, 0.6) is 0 Å². The molecule has 0 N–H and O–H groups in total. The fourth-order valence-electron chi connectivity index (χ4n) is 2.29. The highest BCUT2D eigenvalue weighted by molar-refractivity contribution is 7.87. The Morgan fingerprint density at radius 1 is 0.826 bits per heavy atom. The second-order valence-electron chi connectivity index (χ2n) is 6.90. The predicted molar refractivity (Wildman–Crippen MR) is 86.6 cm³/mol. The van der Waals surface area contributed by atoms with Crippen LogP contribution in [0.25, 0.3) is 0 Å². The van der Waals surface area contributed by atoms with Gasteiger partial charge in [-0.1, -0.05) is 78.6 Å². The maximum atomic E-state index is 12.2. The minimum atomic E-state index is -5.48. The third kappa shape index (κ3) is 11.0. The highest BCUT2D eigenvalue weighted by Gasteiger charge is 2.47. The molecular formula is C16H31F3O3S. The molecule has 0 aliphatic rings. The normalized spacial score (nSPS) is 13.5. The van der Waals surface area contributed by atoms with Crippen molar-refractivity contribution >= 4 is 10.1 Å². The molecule has 0 aromatic heterocycles. The first-order valence-electron chi connectivity index (χ1n) is 8.47. The summed E-state index contributed by atoms with van der Waals surface area (Å²) in [5.41, 5.74) is -5.93. The topological polar surface area (TPSA) is 43.4 Å². The van der Waals surface area contributed by atoms with Gasteiger partial charge in [0.1, 0.15) is 0 Å². The van der Waals surface area contributed by atoms with E-state index in [0.29, 0.717) is 6.42 Å². The molecule has 7 heteroatoms. The Kier molecular flexibility index (Phi) is 10.4. The first kappa shape index (κ1) is 22.7. The van der Waals surface area contributed by atoms with Gasteiger partial charge in [-0.05, 0) is 11.8 Å². The minimum absolute atomic E-state index is 0.439. The van der Waals surface area contributed by atoms with Crippen LogP contribution in [0.3, 0.4) is 0 Å². The van der Waals surface area contributed by atoms with Gasteiger partial charge in [0.05, 0.1) is 6.61 Å². The van der Waals surface area contributed by atoms with Crippen LogP contribution in [-0.2, 0) is 14.3 Å². The van der Waals surface area contributed by atoms with Crippen molar-refractivity contribution in [1.82, 2.24) is 0 Å². The van der Waals surface area contributed by atoms with Crippen molar-refractivity contribution in [2.45, 2.75) is 90.5 Å². The molecule has 23 heavy (non-hydrogen) atoms. The lowest BCUT2D eigenvalue weighted by molar-refractivity contribution is -0.0562. The molecule has 0 aromatic rings. The maximum Gasteiger partial charge on any atom is 0.523 e. The number of rotatable bonds is 13. The molecule has 0 saturated carbocycles. The van der Waals surface area contributed by atoms with Crippen LogP contribution >= 0.6 is 0 Å². The highest BCUT2D eigenvalue weighted by atomic mass is 32.2. The summed E-state index contributed by atoms with van der Waals surface area (Å²) in [6.45, 7) is 5.20. The standard InChI is InChI=1S/C16H31F3O3S/c1-4-5-6-7-8-9-10-11-12-13-15(2,3)14-22-23(20,21)16(17,18)19/h4-14H2,1-3H3. The first-order chi connectivity index (χ1) is 10.5. The summed E-state index contributed by atoms with van der Waals surface area (Å²) in [5.74, 6) is 0. The molecular weight excluding hydrogens is 329 g/mol. The smallest absolute Gasteiger partial charge is 0.263 e. The van der Waals surface area contributed by atoms with E-state index in [-0.39, 0.29) is 0 Å². The second kappa shape index (κ2) is 10.5.